The van der Waals surface area contributed by atoms with E-state index in [4.69, 9.17) is 14.2 Å². The van der Waals surface area contributed by atoms with Crippen LogP contribution in [0.1, 0.15) is 106 Å². The highest BCUT2D eigenvalue weighted by Crippen LogP contribution is 2.53. The number of rotatable bonds is 7. The van der Waals surface area contributed by atoms with Crippen molar-refractivity contribution >= 4 is 5.78 Å². The molecule has 0 amide bonds. The van der Waals surface area contributed by atoms with Gasteiger partial charge < -0.3 is 19.5 Å². The second-order valence-electron chi connectivity index (χ2n) is 14.7. The average molecular weight is 546 g/mol. The van der Waals surface area contributed by atoms with Gasteiger partial charge in [-0.3, -0.25) is 4.79 Å². The summed E-state index contributed by atoms with van der Waals surface area (Å²) in [6.07, 6.45) is 11.1. The fraction of sp³-hybridized carbons (Fsp3) is 0.971. The Morgan fingerprint density at radius 1 is 0.795 bits per heavy atom. The monoisotopic (exact) mass is 545 g/mol. The lowest BCUT2D eigenvalue weighted by atomic mass is 9.60. The molecule has 0 aromatic rings. The van der Waals surface area contributed by atoms with E-state index in [2.05, 4.69) is 53.8 Å². The summed E-state index contributed by atoms with van der Waals surface area (Å²) in [6, 6.07) is -0.154. The summed E-state index contributed by atoms with van der Waals surface area (Å²) in [6.45, 7) is 17.7. The van der Waals surface area contributed by atoms with E-state index in [9.17, 15) is 4.79 Å². The number of carbonyl (C=O) groups excluding carboxylic acids is 1. The Labute approximate surface area is 239 Å². The van der Waals surface area contributed by atoms with E-state index in [0.717, 1.165) is 50.7 Å². The molecule has 2 aliphatic carbocycles. The standard InChI is InChI=1S/C34H59NO4/c1-8-35-30(33(36)24(7)27-13-9-19(2)25-15-11-21(4)37-18-29(25)27)17-31-23(6)28-14-10-20(3)26-16-12-22(5)38-34(39-31)32(26)28/h19-32,34-35H,8-18H2,1-7H3. The minimum atomic E-state index is -0.154. The minimum Gasteiger partial charge on any atom is -0.378 e. The Balaban J connectivity index is 1.31. The normalized spacial score (nSPS) is 48.1. The zero-order valence-electron chi connectivity index (χ0n) is 26.1. The lowest BCUT2D eigenvalue weighted by Crippen LogP contribution is -2.55. The molecular weight excluding hydrogens is 486 g/mol. The van der Waals surface area contributed by atoms with Gasteiger partial charge in [-0.05, 0) is 113 Å². The fourth-order valence-corrected chi connectivity index (χ4v) is 9.92. The predicted octanol–water partition coefficient (Wildman–Crippen LogP) is 6.88. The number of hydrogen-bond donors (Lipinski definition) is 1. The number of fused-ring (bicyclic) bond motifs is 1. The summed E-state index contributed by atoms with van der Waals surface area (Å²) in [4.78, 5) is 14.3. The largest absolute Gasteiger partial charge is 0.378 e. The Kier molecular flexibility index (Phi) is 9.84. The zero-order chi connectivity index (χ0) is 27.8. The van der Waals surface area contributed by atoms with Crippen LogP contribution in [0.15, 0.2) is 0 Å². The van der Waals surface area contributed by atoms with Crippen LogP contribution in [0, 0.1) is 59.2 Å². The van der Waals surface area contributed by atoms with Gasteiger partial charge in [0.25, 0.3) is 0 Å². The zero-order valence-corrected chi connectivity index (χ0v) is 26.1. The summed E-state index contributed by atoms with van der Waals surface area (Å²) in [5.74, 6) is 5.87. The van der Waals surface area contributed by atoms with Crippen LogP contribution < -0.4 is 5.32 Å². The van der Waals surface area contributed by atoms with Crippen LogP contribution in [-0.4, -0.2) is 49.6 Å². The minimum absolute atomic E-state index is 0.0479. The van der Waals surface area contributed by atoms with Crippen molar-refractivity contribution in [3.63, 3.8) is 0 Å². The third kappa shape index (κ3) is 6.18. The molecule has 3 aliphatic heterocycles. The number of Topliss-reactive ketones (excluding diaryl/α,β-unsaturated/α-hetero) is 1. The van der Waals surface area contributed by atoms with Gasteiger partial charge in [0.15, 0.2) is 12.1 Å². The van der Waals surface area contributed by atoms with Crippen LogP contribution in [0.3, 0.4) is 0 Å². The quantitative estimate of drug-likeness (QED) is 0.378. The maximum Gasteiger partial charge on any atom is 0.161 e. The van der Waals surface area contributed by atoms with Gasteiger partial charge in [-0.2, -0.15) is 0 Å². The van der Waals surface area contributed by atoms with Crippen LogP contribution >= 0.6 is 0 Å². The number of ketones is 1. The van der Waals surface area contributed by atoms with Crippen molar-refractivity contribution in [2.45, 2.75) is 137 Å². The number of hydrogen-bond acceptors (Lipinski definition) is 5. The van der Waals surface area contributed by atoms with Crippen molar-refractivity contribution in [1.29, 1.82) is 0 Å². The molecule has 5 heteroatoms. The summed E-state index contributed by atoms with van der Waals surface area (Å²) in [5.41, 5.74) is 0. The van der Waals surface area contributed by atoms with Gasteiger partial charge in [0.05, 0.1) is 31.0 Å². The highest BCUT2D eigenvalue weighted by molar-refractivity contribution is 5.86. The molecule has 15 atom stereocenters. The fourth-order valence-electron chi connectivity index (χ4n) is 9.92. The topological polar surface area (TPSA) is 56.8 Å². The first-order valence-electron chi connectivity index (χ1n) is 16.9. The Bertz CT molecular complexity index is 819. The molecule has 224 valence electrons. The van der Waals surface area contributed by atoms with E-state index in [1.807, 2.05) is 0 Å². The number of carbonyl (C=O) groups is 1. The molecule has 0 radical (unpaired) electrons. The van der Waals surface area contributed by atoms with Gasteiger partial charge >= 0.3 is 0 Å². The van der Waals surface area contributed by atoms with E-state index in [-0.39, 0.29) is 30.5 Å². The van der Waals surface area contributed by atoms with E-state index >= 15 is 0 Å². The molecule has 39 heavy (non-hydrogen) atoms. The first-order chi connectivity index (χ1) is 18.7. The van der Waals surface area contributed by atoms with Gasteiger partial charge in [-0.1, -0.05) is 47.5 Å². The molecule has 5 rings (SSSR count). The van der Waals surface area contributed by atoms with Gasteiger partial charge in [0, 0.05) is 11.8 Å². The van der Waals surface area contributed by atoms with Crippen molar-refractivity contribution in [1.82, 2.24) is 5.32 Å². The van der Waals surface area contributed by atoms with Crippen LogP contribution in [0.4, 0.5) is 0 Å². The highest BCUT2D eigenvalue weighted by Gasteiger charge is 2.53. The van der Waals surface area contributed by atoms with Crippen molar-refractivity contribution in [2.75, 3.05) is 13.2 Å². The molecule has 3 saturated heterocycles. The Morgan fingerprint density at radius 3 is 2.23 bits per heavy atom. The average Bonchev–Trinajstić information content (AvgIpc) is 3.21. The summed E-state index contributed by atoms with van der Waals surface area (Å²) in [7, 11) is 0. The molecule has 0 spiro atoms. The molecule has 3 heterocycles. The smallest absolute Gasteiger partial charge is 0.161 e. The van der Waals surface area contributed by atoms with Crippen molar-refractivity contribution in [3.05, 3.63) is 0 Å². The van der Waals surface area contributed by atoms with Gasteiger partial charge in [0.2, 0.25) is 0 Å². The maximum atomic E-state index is 14.3. The summed E-state index contributed by atoms with van der Waals surface area (Å²) in [5, 5.41) is 3.62. The van der Waals surface area contributed by atoms with Crippen LogP contribution in [0.5, 0.6) is 0 Å². The number of nitrogens with one attached hydrogen (secondary N) is 1. The molecule has 0 aromatic heterocycles. The lowest BCUT2D eigenvalue weighted by Gasteiger charge is -2.52. The van der Waals surface area contributed by atoms with Crippen molar-refractivity contribution in [2.24, 2.45) is 59.2 Å². The SMILES string of the molecule is CCNC(CC1OC2OC(C)CCC3C(C)CCC(C1C)C23)C(=O)C(C)C1CCC(C)C2CCC(C)OCC21. The maximum absolute atomic E-state index is 14.3. The van der Waals surface area contributed by atoms with Gasteiger partial charge in [-0.15, -0.1) is 0 Å². The first kappa shape index (κ1) is 30.0. The Hall–Kier alpha value is -0.490. The highest BCUT2D eigenvalue weighted by atomic mass is 16.7. The van der Waals surface area contributed by atoms with E-state index in [1.54, 1.807) is 0 Å². The lowest BCUT2D eigenvalue weighted by molar-refractivity contribution is -0.278. The number of likely N-dealkylation sites (N-methyl/N-ethyl adjacent to an activating group) is 1. The Morgan fingerprint density at radius 2 is 1.46 bits per heavy atom. The molecule has 5 aliphatic rings. The first-order valence-corrected chi connectivity index (χ1v) is 16.9. The van der Waals surface area contributed by atoms with Crippen LogP contribution in [0.2, 0.25) is 0 Å². The van der Waals surface area contributed by atoms with E-state index in [0.29, 0.717) is 53.3 Å². The molecule has 0 bridgehead atoms. The van der Waals surface area contributed by atoms with Crippen LogP contribution in [0.25, 0.3) is 0 Å². The van der Waals surface area contributed by atoms with E-state index in [1.165, 1.54) is 32.1 Å². The van der Waals surface area contributed by atoms with Crippen molar-refractivity contribution in [3.8, 4) is 0 Å². The molecular formula is C34H59NO4. The van der Waals surface area contributed by atoms with Gasteiger partial charge in [0.1, 0.15) is 0 Å². The molecule has 2 saturated carbocycles. The molecule has 1 N–H and O–H groups in total. The second-order valence-corrected chi connectivity index (χ2v) is 14.7. The molecule has 15 unspecified atom stereocenters. The third-order valence-corrected chi connectivity index (χ3v) is 12.5. The second kappa shape index (κ2) is 12.8. The van der Waals surface area contributed by atoms with Crippen LogP contribution in [-0.2, 0) is 19.0 Å². The third-order valence-electron chi connectivity index (χ3n) is 12.5. The number of ether oxygens (including phenoxy) is 3. The molecule has 0 aromatic carbocycles. The predicted molar refractivity (Wildman–Crippen MR) is 156 cm³/mol. The summed E-state index contributed by atoms with van der Waals surface area (Å²) >= 11 is 0. The van der Waals surface area contributed by atoms with E-state index < -0.39 is 0 Å². The molecule has 5 nitrogen and oxygen atoms in total. The molecule has 5 fully saturated rings. The van der Waals surface area contributed by atoms with Crippen molar-refractivity contribution < 1.29 is 19.0 Å². The summed E-state index contributed by atoms with van der Waals surface area (Å²) < 4.78 is 19.7. The van der Waals surface area contributed by atoms with Gasteiger partial charge in [-0.25, -0.2) is 0 Å².